The van der Waals surface area contributed by atoms with Gasteiger partial charge in [-0.1, -0.05) is 0 Å². The van der Waals surface area contributed by atoms with Gasteiger partial charge in [-0.2, -0.15) is 0 Å². The summed E-state index contributed by atoms with van der Waals surface area (Å²) < 4.78 is 0.747. The van der Waals surface area contributed by atoms with Gasteiger partial charge in [0.25, 0.3) is 0 Å². The van der Waals surface area contributed by atoms with Gasteiger partial charge in [0.05, 0.1) is 0 Å². The van der Waals surface area contributed by atoms with E-state index in [-0.39, 0.29) is 0 Å². The Morgan fingerprint density at radius 3 is 2.67 bits per heavy atom. The normalized spacial score (nSPS) is 41.9. The standard InChI is InChI=1S/C7H13ClGe/c1-3-9(8)6-4-5-7(9)2/h4-5,7H,3,6H2,1-2H3. The summed E-state index contributed by atoms with van der Waals surface area (Å²) >= 11 is -1.78. The summed E-state index contributed by atoms with van der Waals surface area (Å²) in [4.78, 5) is 0. The summed E-state index contributed by atoms with van der Waals surface area (Å²) in [6, 6.07) is 0. The summed E-state index contributed by atoms with van der Waals surface area (Å²) in [6.07, 6.45) is 4.55. The number of hydrogen-bond acceptors (Lipinski definition) is 0. The Morgan fingerprint density at radius 1 is 1.78 bits per heavy atom. The zero-order valence-electron chi connectivity index (χ0n) is 6.02. The first kappa shape index (κ1) is 7.68. The minimum absolute atomic E-state index is 0.747. The first-order chi connectivity index (χ1) is 4.19. The minimum atomic E-state index is -1.78. The second-order valence-corrected chi connectivity index (χ2v) is 15.3. The molecule has 0 aliphatic carbocycles. The van der Waals surface area contributed by atoms with E-state index >= 15 is 0 Å². The molecule has 1 aliphatic heterocycles. The van der Waals surface area contributed by atoms with Crippen molar-refractivity contribution in [1.82, 2.24) is 0 Å². The van der Waals surface area contributed by atoms with Crippen LogP contribution in [0.5, 0.6) is 0 Å². The van der Waals surface area contributed by atoms with E-state index < -0.39 is 12.3 Å². The van der Waals surface area contributed by atoms with Crippen LogP contribution in [0.25, 0.3) is 0 Å². The molecule has 0 amide bonds. The molecule has 0 saturated carbocycles. The summed E-state index contributed by atoms with van der Waals surface area (Å²) in [5, 5.41) is 2.49. The Morgan fingerprint density at radius 2 is 2.44 bits per heavy atom. The van der Waals surface area contributed by atoms with Crippen LogP contribution in [0.3, 0.4) is 0 Å². The third kappa shape index (κ3) is 1.35. The molecule has 52 valence electrons. The van der Waals surface area contributed by atoms with Crippen molar-refractivity contribution in [3.8, 4) is 0 Å². The van der Waals surface area contributed by atoms with Gasteiger partial charge in [0, 0.05) is 0 Å². The van der Waals surface area contributed by atoms with Crippen molar-refractivity contribution >= 4 is 22.3 Å². The van der Waals surface area contributed by atoms with E-state index in [0.29, 0.717) is 0 Å². The molecule has 0 N–H and O–H groups in total. The number of allylic oxidation sites excluding steroid dienone is 2. The van der Waals surface area contributed by atoms with E-state index in [0.717, 1.165) is 4.75 Å². The molecule has 0 aromatic rings. The fourth-order valence-corrected chi connectivity index (χ4v) is 6.99. The van der Waals surface area contributed by atoms with Crippen LogP contribution < -0.4 is 0 Å². The first-order valence-corrected chi connectivity index (χ1v) is 10.5. The van der Waals surface area contributed by atoms with Crippen molar-refractivity contribution in [2.24, 2.45) is 0 Å². The van der Waals surface area contributed by atoms with Gasteiger partial charge in [-0.25, -0.2) is 0 Å². The molecule has 0 fully saturated rings. The predicted molar refractivity (Wildman–Crippen MR) is 45.5 cm³/mol. The third-order valence-electron chi connectivity index (χ3n) is 2.29. The second kappa shape index (κ2) is 2.67. The molecule has 1 heterocycles. The van der Waals surface area contributed by atoms with Crippen LogP contribution in [-0.4, -0.2) is 12.3 Å². The first-order valence-electron chi connectivity index (χ1n) is 3.54. The fraction of sp³-hybridized carbons (Fsp3) is 0.714. The van der Waals surface area contributed by atoms with Gasteiger partial charge in [0.15, 0.2) is 0 Å². The number of hydrogen-bond donors (Lipinski definition) is 0. The van der Waals surface area contributed by atoms with Crippen LogP contribution in [0.15, 0.2) is 12.2 Å². The molecule has 0 bridgehead atoms. The van der Waals surface area contributed by atoms with Crippen molar-refractivity contribution in [1.29, 1.82) is 0 Å². The van der Waals surface area contributed by atoms with Crippen LogP contribution in [-0.2, 0) is 0 Å². The summed E-state index contributed by atoms with van der Waals surface area (Å²) in [5.74, 6) is 0. The summed E-state index contributed by atoms with van der Waals surface area (Å²) in [6.45, 7) is 4.50. The summed E-state index contributed by atoms with van der Waals surface area (Å²) in [7, 11) is 6.43. The van der Waals surface area contributed by atoms with Crippen molar-refractivity contribution in [3.63, 3.8) is 0 Å². The molecule has 1 rings (SSSR count). The Balaban J connectivity index is 2.62. The van der Waals surface area contributed by atoms with E-state index in [9.17, 15) is 0 Å². The van der Waals surface area contributed by atoms with Crippen LogP contribution in [0, 0.1) is 0 Å². The molecule has 0 radical (unpaired) electrons. The van der Waals surface area contributed by atoms with Crippen LogP contribution >= 0.6 is 10.0 Å². The number of halogens is 1. The van der Waals surface area contributed by atoms with Gasteiger partial charge in [-0.3, -0.25) is 0 Å². The molecule has 0 spiro atoms. The molecule has 0 nitrogen and oxygen atoms in total. The van der Waals surface area contributed by atoms with Gasteiger partial charge in [-0.15, -0.1) is 0 Å². The Bertz CT molecular complexity index is 133. The molecular formula is C7H13ClGe. The second-order valence-electron chi connectivity index (χ2n) is 2.81. The quantitative estimate of drug-likeness (QED) is 0.455. The SMILES string of the molecule is C[CH2][Ge]1([Cl])[CH2]C=C[CH]1C. The average molecular weight is 205 g/mol. The van der Waals surface area contributed by atoms with Crippen molar-refractivity contribution in [2.45, 2.75) is 29.1 Å². The van der Waals surface area contributed by atoms with Crippen LogP contribution in [0.1, 0.15) is 13.8 Å². The van der Waals surface area contributed by atoms with Gasteiger partial charge >= 0.3 is 63.6 Å². The third-order valence-corrected chi connectivity index (χ3v) is 14.5. The zero-order valence-corrected chi connectivity index (χ0v) is 8.88. The van der Waals surface area contributed by atoms with Gasteiger partial charge in [0.1, 0.15) is 0 Å². The molecule has 2 atom stereocenters. The molecule has 0 aromatic carbocycles. The molecule has 9 heavy (non-hydrogen) atoms. The average Bonchev–Trinajstić information content (AvgIpc) is 2.15. The molecule has 2 unspecified atom stereocenters. The van der Waals surface area contributed by atoms with Gasteiger partial charge in [0.2, 0.25) is 0 Å². The van der Waals surface area contributed by atoms with Crippen molar-refractivity contribution in [2.75, 3.05) is 0 Å². The van der Waals surface area contributed by atoms with Crippen LogP contribution in [0.2, 0.25) is 15.3 Å². The van der Waals surface area contributed by atoms with Gasteiger partial charge in [-0.05, 0) is 0 Å². The fourth-order valence-electron chi connectivity index (χ4n) is 1.29. The monoisotopic (exact) mass is 206 g/mol. The Kier molecular flexibility index (Phi) is 2.28. The van der Waals surface area contributed by atoms with E-state index in [4.69, 9.17) is 10.0 Å². The van der Waals surface area contributed by atoms with E-state index in [1.54, 1.807) is 0 Å². The Labute approximate surface area is 63.8 Å². The van der Waals surface area contributed by atoms with E-state index in [1.165, 1.54) is 10.5 Å². The van der Waals surface area contributed by atoms with Crippen LogP contribution in [0.4, 0.5) is 0 Å². The topological polar surface area (TPSA) is 0 Å². The number of rotatable bonds is 1. The summed E-state index contributed by atoms with van der Waals surface area (Å²) in [5.41, 5.74) is 0. The van der Waals surface area contributed by atoms with E-state index in [1.807, 2.05) is 0 Å². The molecular weight excluding hydrogens is 192 g/mol. The predicted octanol–water partition coefficient (Wildman–Crippen LogP) is 3.15. The molecule has 2 heteroatoms. The molecule has 0 saturated heterocycles. The zero-order chi connectivity index (χ0) is 6.91. The maximum absolute atomic E-state index is 6.43. The Hall–Kier alpha value is 0.573. The molecule has 1 aliphatic rings. The van der Waals surface area contributed by atoms with Crippen molar-refractivity contribution in [3.05, 3.63) is 12.2 Å². The van der Waals surface area contributed by atoms with Crippen molar-refractivity contribution < 1.29 is 0 Å². The van der Waals surface area contributed by atoms with Gasteiger partial charge < -0.3 is 0 Å². The van der Waals surface area contributed by atoms with E-state index in [2.05, 4.69) is 26.0 Å². The molecule has 0 aromatic heterocycles. The maximum atomic E-state index is 6.43.